The summed E-state index contributed by atoms with van der Waals surface area (Å²) in [5.74, 6) is 2.23. The third-order valence-electron chi connectivity index (χ3n) is 6.45. The summed E-state index contributed by atoms with van der Waals surface area (Å²) in [5, 5.41) is 0. The largest absolute Gasteiger partial charge is 0.486 e. The number of thioether (sulfide) groups is 1. The first-order chi connectivity index (χ1) is 16.1. The maximum absolute atomic E-state index is 13.3. The van der Waals surface area contributed by atoms with Gasteiger partial charge in [0.25, 0.3) is 5.91 Å². The Hall–Kier alpha value is -3.00. The Morgan fingerprint density at radius 3 is 2.36 bits per heavy atom. The number of ketones is 1. The predicted octanol–water partition coefficient (Wildman–Crippen LogP) is 3.09. The fourth-order valence-corrected chi connectivity index (χ4v) is 5.74. The molecule has 1 atom stereocenters. The SMILES string of the molecule is O=C(c1ccc2c(c1)OCCO2)C1CCN(C(=O)C2CSCN2C(=O)c2ccccc2)CC1. The van der Waals surface area contributed by atoms with Crippen molar-refractivity contribution < 1.29 is 23.9 Å². The van der Waals surface area contributed by atoms with E-state index in [4.69, 9.17) is 9.47 Å². The molecule has 0 N–H and O–H groups in total. The van der Waals surface area contributed by atoms with Crippen LogP contribution in [0, 0.1) is 5.92 Å². The van der Waals surface area contributed by atoms with E-state index in [1.54, 1.807) is 47.0 Å². The van der Waals surface area contributed by atoms with Crippen molar-refractivity contribution in [3.8, 4) is 11.5 Å². The van der Waals surface area contributed by atoms with E-state index in [0.29, 0.717) is 73.4 Å². The molecule has 2 amide bonds. The molecular formula is C25H26N2O5S. The molecule has 0 spiro atoms. The van der Waals surface area contributed by atoms with E-state index in [2.05, 4.69) is 0 Å². The number of carbonyl (C=O) groups excluding carboxylic acids is 3. The average Bonchev–Trinajstić information content (AvgIpc) is 3.37. The molecule has 1 unspecified atom stereocenters. The Labute approximate surface area is 197 Å². The van der Waals surface area contributed by atoms with Crippen LogP contribution in [0.15, 0.2) is 48.5 Å². The number of Topliss-reactive ketones (excluding diaryl/α,β-unsaturated/α-hetero) is 1. The van der Waals surface area contributed by atoms with Crippen LogP contribution in [0.25, 0.3) is 0 Å². The fourth-order valence-electron chi connectivity index (χ4n) is 4.60. The highest BCUT2D eigenvalue weighted by atomic mass is 32.2. The maximum Gasteiger partial charge on any atom is 0.255 e. The first-order valence-electron chi connectivity index (χ1n) is 11.3. The van der Waals surface area contributed by atoms with Gasteiger partial charge in [-0.1, -0.05) is 18.2 Å². The summed E-state index contributed by atoms with van der Waals surface area (Å²) in [6.07, 6.45) is 1.23. The molecule has 3 aliphatic rings. The number of benzene rings is 2. The van der Waals surface area contributed by atoms with Gasteiger partial charge in [-0.05, 0) is 43.2 Å². The number of likely N-dealkylation sites (tertiary alicyclic amines) is 1. The zero-order valence-electron chi connectivity index (χ0n) is 18.3. The molecule has 0 saturated carbocycles. The van der Waals surface area contributed by atoms with Crippen molar-refractivity contribution in [2.45, 2.75) is 18.9 Å². The number of nitrogens with zero attached hydrogens (tertiary/aromatic N) is 2. The Bertz CT molecular complexity index is 1050. The van der Waals surface area contributed by atoms with E-state index in [9.17, 15) is 14.4 Å². The number of ether oxygens (including phenoxy) is 2. The lowest BCUT2D eigenvalue weighted by Crippen LogP contribution is -2.51. The van der Waals surface area contributed by atoms with Gasteiger partial charge in [-0.2, -0.15) is 0 Å². The smallest absolute Gasteiger partial charge is 0.255 e. The van der Waals surface area contributed by atoms with Crippen LogP contribution in [0.4, 0.5) is 0 Å². The summed E-state index contributed by atoms with van der Waals surface area (Å²) in [6.45, 7) is 2.04. The van der Waals surface area contributed by atoms with E-state index in [1.807, 2.05) is 23.1 Å². The third kappa shape index (κ3) is 4.44. The second kappa shape index (κ2) is 9.47. The Morgan fingerprint density at radius 2 is 1.61 bits per heavy atom. The Balaban J connectivity index is 1.20. The molecule has 0 aliphatic carbocycles. The molecule has 0 aromatic heterocycles. The van der Waals surface area contributed by atoms with Gasteiger partial charge in [0.2, 0.25) is 5.91 Å². The molecule has 2 saturated heterocycles. The zero-order valence-corrected chi connectivity index (χ0v) is 19.1. The zero-order chi connectivity index (χ0) is 22.8. The number of piperidine rings is 1. The molecule has 33 heavy (non-hydrogen) atoms. The molecule has 3 heterocycles. The molecule has 0 radical (unpaired) electrons. The highest BCUT2D eigenvalue weighted by molar-refractivity contribution is 7.99. The van der Waals surface area contributed by atoms with Crippen LogP contribution in [0.3, 0.4) is 0 Å². The van der Waals surface area contributed by atoms with Gasteiger partial charge < -0.3 is 19.3 Å². The molecular weight excluding hydrogens is 440 g/mol. The van der Waals surface area contributed by atoms with Gasteiger partial charge >= 0.3 is 0 Å². The van der Waals surface area contributed by atoms with Crippen molar-refractivity contribution >= 4 is 29.4 Å². The lowest BCUT2D eigenvalue weighted by Gasteiger charge is -2.35. The number of carbonyl (C=O) groups is 3. The summed E-state index contributed by atoms with van der Waals surface area (Å²) in [5.41, 5.74) is 1.22. The minimum Gasteiger partial charge on any atom is -0.486 e. The predicted molar refractivity (Wildman–Crippen MR) is 125 cm³/mol. The number of fused-ring (bicyclic) bond motifs is 1. The molecule has 0 bridgehead atoms. The fraction of sp³-hybridized carbons (Fsp3) is 0.400. The van der Waals surface area contributed by atoms with Gasteiger partial charge in [0, 0.05) is 35.9 Å². The van der Waals surface area contributed by atoms with E-state index in [0.717, 1.165) is 0 Å². The minimum atomic E-state index is -0.451. The van der Waals surface area contributed by atoms with Crippen LogP contribution in [0.2, 0.25) is 0 Å². The monoisotopic (exact) mass is 466 g/mol. The number of hydrogen-bond acceptors (Lipinski definition) is 6. The Kier molecular flexibility index (Phi) is 6.26. The number of amides is 2. The van der Waals surface area contributed by atoms with Crippen LogP contribution in [0.1, 0.15) is 33.6 Å². The Morgan fingerprint density at radius 1 is 0.879 bits per heavy atom. The summed E-state index contributed by atoms with van der Waals surface area (Å²) < 4.78 is 11.1. The van der Waals surface area contributed by atoms with Gasteiger partial charge in [-0.25, -0.2) is 0 Å². The third-order valence-corrected chi connectivity index (χ3v) is 7.47. The van der Waals surface area contributed by atoms with Crippen molar-refractivity contribution in [3.63, 3.8) is 0 Å². The minimum absolute atomic E-state index is 0.0190. The number of hydrogen-bond donors (Lipinski definition) is 0. The standard InChI is InChI=1S/C25H26N2O5S/c28-23(19-6-7-21-22(14-19)32-13-12-31-21)17-8-10-26(11-9-17)25(30)20-15-33-16-27(20)24(29)18-4-2-1-3-5-18/h1-7,14,17,20H,8-13,15-16H2. The molecule has 2 fully saturated rings. The molecule has 3 aliphatic heterocycles. The molecule has 5 rings (SSSR count). The van der Waals surface area contributed by atoms with Crippen LogP contribution >= 0.6 is 11.8 Å². The first kappa shape index (κ1) is 21.8. The molecule has 7 nitrogen and oxygen atoms in total. The second-order valence-electron chi connectivity index (χ2n) is 8.48. The molecule has 172 valence electrons. The van der Waals surface area contributed by atoms with Crippen molar-refractivity contribution in [3.05, 3.63) is 59.7 Å². The summed E-state index contributed by atoms with van der Waals surface area (Å²) >= 11 is 1.60. The van der Waals surface area contributed by atoms with Gasteiger partial charge in [0.15, 0.2) is 17.3 Å². The van der Waals surface area contributed by atoms with Gasteiger partial charge in [-0.15, -0.1) is 11.8 Å². The second-order valence-corrected chi connectivity index (χ2v) is 9.48. The van der Waals surface area contributed by atoms with E-state index >= 15 is 0 Å². The molecule has 8 heteroatoms. The van der Waals surface area contributed by atoms with Crippen LogP contribution in [-0.2, 0) is 4.79 Å². The van der Waals surface area contributed by atoms with E-state index < -0.39 is 6.04 Å². The van der Waals surface area contributed by atoms with E-state index in [1.165, 1.54) is 0 Å². The summed E-state index contributed by atoms with van der Waals surface area (Å²) in [6, 6.07) is 14.0. The lowest BCUT2D eigenvalue weighted by molar-refractivity contribution is -0.136. The van der Waals surface area contributed by atoms with Crippen molar-refractivity contribution in [2.75, 3.05) is 37.9 Å². The highest BCUT2D eigenvalue weighted by Gasteiger charge is 2.39. The van der Waals surface area contributed by atoms with Gasteiger partial charge in [0.05, 0.1) is 5.88 Å². The van der Waals surface area contributed by atoms with Crippen LogP contribution in [0.5, 0.6) is 11.5 Å². The lowest BCUT2D eigenvalue weighted by atomic mass is 9.88. The van der Waals surface area contributed by atoms with Crippen molar-refractivity contribution in [1.29, 1.82) is 0 Å². The first-order valence-corrected chi connectivity index (χ1v) is 12.4. The van der Waals surface area contributed by atoms with Gasteiger partial charge in [-0.3, -0.25) is 14.4 Å². The quantitative estimate of drug-likeness (QED) is 0.645. The maximum atomic E-state index is 13.3. The van der Waals surface area contributed by atoms with Crippen LogP contribution < -0.4 is 9.47 Å². The van der Waals surface area contributed by atoms with Crippen molar-refractivity contribution in [2.24, 2.45) is 5.92 Å². The van der Waals surface area contributed by atoms with E-state index in [-0.39, 0.29) is 23.5 Å². The molecule has 2 aromatic carbocycles. The normalized spacial score (nSPS) is 20.5. The summed E-state index contributed by atoms with van der Waals surface area (Å²) in [4.78, 5) is 42.7. The topological polar surface area (TPSA) is 76.2 Å². The van der Waals surface area contributed by atoms with Crippen LogP contribution in [-0.4, -0.2) is 71.4 Å². The van der Waals surface area contributed by atoms with Crippen molar-refractivity contribution in [1.82, 2.24) is 9.80 Å². The average molecular weight is 467 g/mol. The van der Waals surface area contributed by atoms with Gasteiger partial charge in [0.1, 0.15) is 19.3 Å². The molecule has 2 aromatic rings. The number of rotatable bonds is 4. The highest BCUT2D eigenvalue weighted by Crippen LogP contribution is 2.33. The summed E-state index contributed by atoms with van der Waals surface area (Å²) in [7, 11) is 0.